The molecule has 0 unspecified atom stereocenters. The molecule has 80 valence electrons. The van der Waals surface area contributed by atoms with E-state index in [4.69, 9.17) is 4.42 Å². The van der Waals surface area contributed by atoms with Crippen LogP contribution in [0.3, 0.4) is 0 Å². The molecule has 0 atom stereocenters. The number of aromatic nitrogens is 2. The second kappa shape index (κ2) is 4.81. The zero-order chi connectivity index (χ0) is 10.7. The molecule has 0 amide bonds. The zero-order valence-corrected chi connectivity index (χ0v) is 10.3. The predicted octanol–water partition coefficient (Wildman–Crippen LogP) is 3.22. The van der Waals surface area contributed by atoms with Crippen LogP contribution in [0.2, 0.25) is 0 Å². The molecule has 0 saturated carbocycles. The molecule has 2 aromatic rings. The summed E-state index contributed by atoms with van der Waals surface area (Å²) < 4.78 is 5.52. The number of hydrogen-bond donors (Lipinski definition) is 0. The van der Waals surface area contributed by atoms with Crippen LogP contribution < -0.4 is 0 Å². The Kier molecular flexibility index (Phi) is 3.43. The van der Waals surface area contributed by atoms with Crippen LogP contribution in [-0.2, 0) is 6.42 Å². The van der Waals surface area contributed by atoms with Crippen molar-refractivity contribution >= 4 is 23.1 Å². The lowest BCUT2D eigenvalue weighted by molar-refractivity contribution is 0.420. The smallest absolute Gasteiger partial charge is 0.276 e. The van der Waals surface area contributed by atoms with Gasteiger partial charge in [-0.25, -0.2) is 0 Å². The van der Waals surface area contributed by atoms with Gasteiger partial charge in [0.2, 0.25) is 5.89 Å². The fraction of sp³-hybridized carbons (Fsp3) is 0.400. The van der Waals surface area contributed by atoms with Crippen molar-refractivity contribution in [3.63, 3.8) is 0 Å². The Morgan fingerprint density at radius 3 is 3.00 bits per heavy atom. The molecule has 0 radical (unpaired) electrons. The molecule has 3 nitrogen and oxygen atoms in total. The molecule has 0 spiro atoms. The summed E-state index contributed by atoms with van der Waals surface area (Å²) in [7, 11) is 0. The highest BCUT2D eigenvalue weighted by Gasteiger charge is 2.09. The van der Waals surface area contributed by atoms with E-state index in [2.05, 4.69) is 35.5 Å². The first-order valence-corrected chi connectivity index (χ1v) is 6.51. The van der Waals surface area contributed by atoms with E-state index in [0.717, 1.165) is 6.42 Å². The van der Waals surface area contributed by atoms with Crippen LogP contribution >= 0.6 is 23.1 Å². The summed E-state index contributed by atoms with van der Waals surface area (Å²) in [5.41, 5.74) is 0. The normalized spacial score (nSPS) is 11.1. The van der Waals surface area contributed by atoms with E-state index < -0.39 is 0 Å². The minimum atomic E-state index is 0.472. The average Bonchev–Trinajstić information content (AvgIpc) is 2.77. The maximum absolute atomic E-state index is 5.52. The van der Waals surface area contributed by atoms with Crippen molar-refractivity contribution in [3.05, 3.63) is 28.3 Å². The predicted molar refractivity (Wildman–Crippen MR) is 62.4 cm³/mol. The number of rotatable bonds is 4. The summed E-state index contributed by atoms with van der Waals surface area (Å²) >= 11 is 3.30. The minimum Gasteiger partial charge on any atom is -0.416 e. The van der Waals surface area contributed by atoms with Gasteiger partial charge in [0.1, 0.15) is 0 Å². The van der Waals surface area contributed by atoms with Gasteiger partial charge in [-0.15, -0.1) is 21.5 Å². The van der Waals surface area contributed by atoms with E-state index in [-0.39, 0.29) is 0 Å². The molecule has 2 rings (SSSR count). The third-order valence-electron chi connectivity index (χ3n) is 1.69. The minimum absolute atomic E-state index is 0.472. The van der Waals surface area contributed by atoms with Crippen LogP contribution in [0, 0.1) is 0 Å². The summed E-state index contributed by atoms with van der Waals surface area (Å²) in [6.45, 7) is 4.21. The maximum Gasteiger partial charge on any atom is 0.276 e. The standard InChI is InChI=1S/C10H12N2OS2/c1-7(2)15-10-12-11-9(13-10)6-8-4-3-5-14-8/h3-5,7H,6H2,1-2H3. The first-order valence-electron chi connectivity index (χ1n) is 4.75. The zero-order valence-electron chi connectivity index (χ0n) is 8.64. The van der Waals surface area contributed by atoms with Crippen LogP contribution in [0.25, 0.3) is 0 Å². The highest BCUT2D eigenvalue weighted by molar-refractivity contribution is 7.99. The Morgan fingerprint density at radius 2 is 2.33 bits per heavy atom. The first-order chi connectivity index (χ1) is 7.24. The highest BCUT2D eigenvalue weighted by atomic mass is 32.2. The summed E-state index contributed by atoms with van der Waals surface area (Å²) in [6.07, 6.45) is 0.739. The molecule has 0 N–H and O–H groups in total. The van der Waals surface area contributed by atoms with Crippen LogP contribution in [-0.4, -0.2) is 15.4 Å². The Morgan fingerprint density at radius 1 is 1.47 bits per heavy atom. The maximum atomic E-state index is 5.52. The summed E-state index contributed by atoms with van der Waals surface area (Å²) in [4.78, 5) is 1.25. The van der Waals surface area contributed by atoms with Crippen LogP contribution in [0.15, 0.2) is 27.2 Å². The van der Waals surface area contributed by atoms with E-state index in [9.17, 15) is 0 Å². The molecule has 0 aliphatic heterocycles. The van der Waals surface area contributed by atoms with Crippen molar-refractivity contribution < 1.29 is 4.42 Å². The van der Waals surface area contributed by atoms with Crippen LogP contribution in [0.1, 0.15) is 24.6 Å². The van der Waals surface area contributed by atoms with E-state index in [1.807, 2.05) is 6.07 Å². The lowest BCUT2D eigenvalue weighted by atomic mass is 10.3. The molecular weight excluding hydrogens is 228 g/mol. The number of hydrogen-bond acceptors (Lipinski definition) is 5. The molecule has 0 saturated heterocycles. The number of nitrogens with zero attached hydrogens (tertiary/aromatic N) is 2. The van der Waals surface area contributed by atoms with E-state index in [0.29, 0.717) is 16.4 Å². The molecular formula is C10H12N2OS2. The summed E-state index contributed by atoms with van der Waals surface area (Å²) in [6, 6.07) is 4.10. The van der Waals surface area contributed by atoms with Gasteiger partial charge in [-0.2, -0.15) is 0 Å². The van der Waals surface area contributed by atoms with Gasteiger partial charge < -0.3 is 4.42 Å². The van der Waals surface area contributed by atoms with Gasteiger partial charge in [0.25, 0.3) is 5.22 Å². The lowest BCUT2D eigenvalue weighted by Crippen LogP contribution is -1.84. The largest absolute Gasteiger partial charge is 0.416 e. The fourth-order valence-electron chi connectivity index (χ4n) is 1.12. The molecule has 5 heteroatoms. The fourth-order valence-corrected chi connectivity index (χ4v) is 2.45. The van der Waals surface area contributed by atoms with Crippen molar-refractivity contribution in [3.8, 4) is 0 Å². The number of thiophene rings is 1. The van der Waals surface area contributed by atoms with E-state index in [1.165, 1.54) is 4.88 Å². The third kappa shape index (κ3) is 3.07. The third-order valence-corrected chi connectivity index (χ3v) is 3.40. The second-order valence-electron chi connectivity index (χ2n) is 3.38. The van der Waals surface area contributed by atoms with Crippen molar-refractivity contribution in [2.24, 2.45) is 0 Å². The van der Waals surface area contributed by atoms with E-state index in [1.54, 1.807) is 23.1 Å². The van der Waals surface area contributed by atoms with Crippen LogP contribution in [0.5, 0.6) is 0 Å². The molecule has 0 bridgehead atoms. The highest BCUT2D eigenvalue weighted by Crippen LogP contribution is 2.22. The van der Waals surface area contributed by atoms with Crippen molar-refractivity contribution in [2.75, 3.05) is 0 Å². The van der Waals surface area contributed by atoms with Gasteiger partial charge in [0, 0.05) is 10.1 Å². The van der Waals surface area contributed by atoms with Gasteiger partial charge in [-0.1, -0.05) is 31.7 Å². The molecule has 2 aromatic heterocycles. The monoisotopic (exact) mass is 240 g/mol. The molecule has 0 aromatic carbocycles. The second-order valence-corrected chi connectivity index (χ2v) is 5.94. The van der Waals surface area contributed by atoms with Gasteiger partial charge in [-0.05, 0) is 11.4 Å². The quantitative estimate of drug-likeness (QED) is 0.769. The van der Waals surface area contributed by atoms with Gasteiger partial charge >= 0.3 is 0 Å². The van der Waals surface area contributed by atoms with Crippen molar-refractivity contribution in [2.45, 2.75) is 30.7 Å². The molecule has 0 fully saturated rings. The Labute approximate surface area is 96.9 Å². The Hall–Kier alpha value is -0.810. The lowest BCUT2D eigenvalue weighted by Gasteiger charge is -1.96. The van der Waals surface area contributed by atoms with Crippen molar-refractivity contribution in [1.82, 2.24) is 10.2 Å². The van der Waals surface area contributed by atoms with Gasteiger partial charge in [0.05, 0.1) is 6.42 Å². The average molecular weight is 240 g/mol. The Bertz CT molecular complexity index is 409. The summed E-state index contributed by atoms with van der Waals surface area (Å²) in [5, 5.41) is 11.2. The first kappa shape index (κ1) is 10.7. The SMILES string of the molecule is CC(C)Sc1nnc(Cc2cccs2)o1. The molecule has 15 heavy (non-hydrogen) atoms. The van der Waals surface area contributed by atoms with Crippen LogP contribution in [0.4, 0.5) is 0 Å². The van der Waals surface area contributed by atoms with Gasteiger partial charge in [-0.3, -0.25) is 0 Å². The number of thioether (sulfide) groups is 1. The molecule has 0 aliphatic rings. The van der Waals surface area contributed by atoms with Gasteiger partial charge in [0.15, 0.2) is 0 Å². The van der Waals surface area contributed by atoms with Crippen molar-refractivity contribution in [1.29, 1.82) is 0 Å². The summed E-state index contributed by atoms with van der Waals surface area (Å²) in [5.74, 6) is 0.695. The topological polar surface area (TPSA) is 38.9 Å². The molecule has 0 aliphatic carbocycles. The van der Waals surface area contributed by atoms with E-state index >= 15 is 0 Å². The molecule has 2 heterocycles. The Balaban J connectivity index is 2.01.